The van der Waals surface area contributed by atoms with Crippen molar-refractivity contribution in [3.05, 3.63) is 35.2 Å². The summed E-state index contributed by atoms with van der Waals surface area (Å²) in [7, 11) is 0. The highest BCUT2D eigenvalue weighted by Gasteiger charge is 2.31. The van der Waals surface area contributed by atoms with Crippen LogP contribution in [0.3, 0.4) is 0 Å². The minimum Gasteiger partial charge on any atom is -0.406 e. The van der Waals surface area contributed by atoms with E-state index in [4.69, 9.17) is 4.52 Å². The molecule has 0 radical (unpaired) electrons. The van der Waals surface area contributed by atoms with E-state index in [0.717, 1.165) is 11.3 Å². The summed E-state index contributed by atoms with van der Waals surface area (Å²) in [5, 5.41) is 6.64. The monoisotopic (exact) mass is 371 g/mol. The zero-order valence-corrected chi connectivity index (χ0v) is 13.9. The maximum Gasteiger partial charge on any atom is 0.573 e. The first-order chi connectivity index (χ1) is 11.8. The Bertz CT molecular complexity index is 933. The molecule has 2 heterocycles. The number of aryl methyl sites for hydroxylation is 2. The van der Waals surface area contributed by atoms with Gasteiger partial charge in [-0.2, -0.15) is 0 Å². The topological polar surface area (TPSA) is 77.3 Å². The van der Waals surface area contributed by atoms with Crippen LogP contribution < -0.4 is 10.1 Å². The third-order valence-corrected chi connectivity index (χ3v) is 4.23. The van der Waals surface area contributed by atoms with E-state index in [9.17, 15) is 18.0 Å². The van der Waals surface area contributed by atoms with Crippen molar-refractivity contribution in [1.82, 2.24) is 10.1 Å². The van der Waals surface area contributed by atoms with Crippen LogP contribution in [0.15, 0.2) is 22.7 Å². The van der Waals surface area contributed by atoms with Crippen molar-refractivity contribution in [3.63, 3.8) is 0 Å². The van der Waals surface area contributed by atoms with Crippen LogP contribution in [0.1, 0.15) is 28.7 Å². The number of hydrogen-bond donors (Lipinski definition) is 1. The molecule has 3 aromatic rings. The quantitative estimate of drug-likeness (QED) is 0.740. The predicted octanol–water partition coefficient (Wildman–Crippen LogP) is 4.31. The predicted molar refractivity (Wildman–Crippen MR) is 84.9 cm³/mol. The molecule has 1 N–H and O–H groups in total. The number of aromatic nitrogens is 2. The smallest absolute Gasteiger partial charge is 0.406 e. The molecular weight excluding hydrogens is 359 g/mol. The third-order valence-electron chi connectivity index (χ3n) is 3.30. The van der Waals surface area contributed by atoms with E-state index in [1.165, 1.54) is 18.2 Å². The summed E-state index contributed by atoms with van der Waals surface area (Å²) < 4.78 is 46.2. The Morgan fingerprint density at radius 2 is 2.16 bits per heavy atom. The second kappa shape index (κ2) is 6.36. The van der Waals surface area contributed by atoms with Gasteiger partial charge in [-0.3, -0.25) is 10.1 Å². The molecule has 0 aliphatic heterocycles. The highest BCUT2D eigenvalue weighted by atomic mass is 32.1. The van der Waals surface area contributed by atoms with Crippen LogP contribution in [0.4, 0.5) is 18.3 Å². The van der Waals surface area contributed by atoms with Gasteiger partial charge in [0.25, 0.3) is 5.91 Å². The number of hydrogen-bond acceptors (Lipinski definition) is 6. The minimum atomic E-state index is -4.77. The van der Waals surface area contributed by atoms with E-state index in [-0.39, 0.29) is 10.9 Å². The molecule has 6 nitrogen and oxygen atoms in total. The summed E-state index contributed by atoms with van der Waals surface area (Å²) in [4.78, 5) is 16.6. The van der Waals surface area contributed by atoms with Crippen molar-refractivity contribution in [2.24, 2.45) is 0 Å². The number of rotatable bonds is 4. The number of alkyl halides is 3. The van der Waals surface area contributed by atoms with Gasteiger partial charge >= 0.3 is 6.36 Å². The van der Waals surface area contributed by atoms with E-state index < -0.39 is 12.3 Å². The van der Waals surface area contributed by atoms with Crippen molar-refractivity contribution in [2.75, 3.05) is 5.32 Å². The van der Waals surface area contributed by atoms with Gasteiger partial charge < -0.3 is 9.26 Å². The van der Waals surface area contributed by atoms with Crippen LogP contribution in [0.5, 0.6) is 5.75 Å². The molecule has 0 aliphatic carbocycles. The van der Waals surface area contributed by atoms with E-state index in [1.807, 2.05) is 6.92 Å². The minimum absolute atomic E-state index is 0.256. The molecule has 0 aliphatic rings. The van der Waals surface area contributed by atoms with Crippen LogP contribution in [0.25, 0.3) is 10.2 Å². The fourth-order valence-corrected chi connectivity index (χ4v) is 3.15. The SMILES string of the molecule is CCc1onc(C)c1C(=O)Nc1nc2ccc(OC(F)(F)F)cc2s1. The van der Waals surface area contributed by atoms with E-state index in [2.05, 4.69) is 20.2 Å². The van der Waals surface area contributed by atoms with E-state index in [0.29, 0.717) is 33.7 Å². The number of ether oxygens (including phenoxy) is 1. The third kappa shape index (κ3) is 3.73. The van der Waals surface area contributed by atoms with Gasteiger partial charge in [-0.25, -0.2) is 4.98 Å². The first kappa shape index (κ1) is 17.2. The number of carbonyl (C=O) groups excluding carboxylic acids is 1. The van der Waals surface area contributed by atoms with Crippen molar-refractivity contribution in [1.29, 1.82) is 0 Å². The zero-order valence-electron chi connectivity index (χ0n) is 13.1. The number of halogens is 3. The molecule has 0 unspecified atom stereocenters. The summed E-state index contributed by atoms with van der Waals surface area (Å²) in [6, 6.07) is 3.78. The van der Waals surface area contributed by atoms with Gasteiger partial charge in [0, 0.05) is 12.5 Å². The average Bonchev–Trinajstić information content (AvgIpc) is 3.07. The highest BCUT2D eigenvalue weighted by Crippen LogP contribution is 2.32. The Hall–Kier alpha value is -2.62. The molecule has 0 saturated carbocycles. The molecule has 0 atom stereocenters. The first-order valence-corrected chi connectivity index (χ1v) is 8.01. The van der Waals surface area contributed by atoms with Gasteiger partial charge in [-0.1, -0.05) is 23.4 Å². The lowest BCUT2D eigenvalue weighted by Crippen LogP contribution is -2.16. The van der Waals surface area contributed by atoms with Gasteiger partial charge in [0.05, 0.1) is 15.9 Å². The van der Waals surface area contributed by atoms with E-state index >= 15 is 0 Å². The summed E-state index contributed by atoms with van der Waals surface area (Å²) in [6.07, 6.45) is -4.26. The largest absolute Gasteiger partial charge is 0.573 e. The Kier molecular flexibility index (Phi) is 4.38. The van der Waals surface area contributed by atoms with Gasteiger partial charge in [0.2, 0.25) is 0 Å². The standard InChI is InChI=1S/C15H12F3N3O3S/c1-3-10-12(7(2)21-24-10)13(22)20-14-19-9-5-4-8(6-11(9)25-14)23-15(16,17)18/h4-6H,3H2,1-2H3,(H,19,20,22). The lowest BCUT2D eigenvalue weighted by atomic mass is 10.1. The van der Waals surface area contributed by atoms with Crippen LogP contribution >= 0.6 is 11.3 Å². The molecule has 0 spiro atoms. The van der Waals surface area contributed by atoms with Crippen molar-refractivity contribution >= 4 is 32.6 Å². The average molecular weight is 371 g/mol. The second-order valence-corrected chi connectivity index (χ2v) is 6.10. The van der Waals surface area contributed by atoms with Crippen molar-refractivity contribution < 1.29 is 27.2 Å². The number of benzene rings is 1. The highest BCUT2D eigenvalue weighted by molar-refractivity contribution is 7.22. The van der Waals surface area contributed by atoms with Crippen LogP contribution in [0, 0.1) is 6.92 Å². The normalized spacial score (nSPS) is 11.7. The maximum absolute atomic E-state index is 12.4. The molecule has 25 heavy (non-hydrogen) atoms. The lowest BCUT2D eigenvalue weighted by molar-refractivity contribution is -0.274. The Labute approximate surface area is 143 Å². The molecule has 2 aromatic heterocycles. The number of fused-ring (bicyclic) bond motifs is 1. The molecule has 0 bridgehead atoms. The first-order valence-electron chi connectivity index (χ1n) is 7.19. The number of nitrogens with zero attached hydrogens (tertiary/aromatic N) is 2. The van der Waals surface area contributed by atoms with Crippen molar-refractivity contribution in [2.45, 2.75) is 26.6 Å². The Morgan fingerprint density at radius 3 is 2.84 bits per heavy atom. The van der Waals surface area contributed by atoms with Crippen LogP contribution in [-0.2, 0) is 6.42 Å². The fraction of sp³-hybridized carbons (Fsp3) is 0.267. The molecule has 3 rings (SSSR count). The number of thiazole rings is 1. The summed E-state index contributed by atoms with van der Waals surface area (Å²) in [5.41, 5.74) is 1.24. The van der Waals surface area contributed by atoms with E-state index in [1.54, 1.807) is 6.92 Å². The summed E-state index contributed by atoms with van der Waals surface area (Å²) in [5.74, 6) is -0.317. The molecule has 10 heteroatoms. The molecule has 1 amide bonds. The second-order valence-electron chi connectivity index (χ2n) is 5.07. The van der Waals surface area contributed by atoms with Crippen LogP contribution in [-0.4, -0.2) is 22.4 Å². The molecular formula is C15H12F3N3O3S. The lowest BCUT2D eigenvalue weighted by Gasteiger charge is -2.07. The number of amides is 1. The van der Waals surface area contributed by atoms with Crippen molar-refractivity contribution in [3.8, 4) is 5.75 Å². The number of carbonyl (C=O) groups is 1. The number of anilines is 1. The molecule has 0 fully saturated rings. The summed E-state index contributed by atoms with van der Waals surface area (Å²) in [6.45, 7) is 3.48. The van der Waals surface area contributed by atoms with Gasteiger partial charge in [0.15, 0.2) is 5.13 Å². The maximum atomic E-state index is 12.4. The van der Waals surface area contributed by atoms with Gasteiger partial charge in [-0.05, 0) is 19.1 Å². The Balaban J connectivity index is 1.84. The van der Waals surface area contributed by atoms with Gasteiger partial charge in [0.1, 0.15) is 17.1 Å². The molecule has 0 saturated heterocycles. The van der Waals surface area contributed by atoms with Crippen LogP contribution in [0.2, 0.25) is 0 Å². The molecule has 132 valence electrons. The van der Waals surface area contributed by atoms with Gasteiger partial charge in [-0.15, -0.1) is 13.2 Å². The summed E-state index contributed by atoms with van der Waals surface area (Å²) >= 11 is 1.04. The number of nitrogens with one attached hydrogen (secondary N) is 1. The molecule has 1 aromatic carbocycles. The Morgan fingerprint density at radius 1 is 1.40 bits per heavy atom. The fourth-order valence-electron chi connectivity index (χ4n) is 2.26. The zero-order chi connectivity index (χ0) is 18.2.